The molecule has 2 N–H and O–H groups in total. The first kappa shape index (κ1) is 11.4. The highest BCUT2D eigenvalue weighted by Crippen LogP contribution is 2.30. The third-order valence-corrected chi connectivity index (χ3v) is 4.04. The molecule has 0 atom stereocenters. The fourth-order valence-electron chi connectivity index (χ4n) is 1.95. The summed E-state index contributed by atoms with van der Waals surface area (Å²) in [5.41, 5.74) is 6.35. The zero-order valence-electron chi connectivity index (χ0n) is 9.26. The Bertz CT molecular complexity index is 479. The minimum Gasteiger partial charge on any atom is -0.370 e. The molecular formula is C11H16N2O2S. The summed E-state index contributed by atoms with van der Waals surface area (Å²) in [6.45, 7) is 2.36. The highest BCUT2D eigenvalue weighted by atomic mass is 32.2. The molecule has 1 aliphatic rings. The van der Waals surface area contributed by atoms with Crippen LogP contribution in [0.4, 0.5) is 5.69 Å². The molecule has 0 aliphatic carbocycles. The Hall–Kier alpha value is -1.07. The fraction of sp³-hybridized carbons (Fsp3) is 0.455. The van der Waals surface area contributed by atoms with Gasteiger partial charge in [-0.1, -0.05) is 12.1 Å². The molecule has 4 nitrogen and oxygen atoms in total. The first-order valence-corrected chi connectivity index (χ1v) is 7.15. The Morgan fingerprint density at radius 1 is 1.38 bits per heavy atom. The highest BCUT2D eigenvalue weighted by Gasteiger charge is 2.28. The van der Waals surface area contributed by atoms with Crippen molar-refractivity contribution < 1.29 is 8.42 Å². The third-order valence-electron chi connectivity index (χ3n) is 2.90. The van der Waals surface area contributed by atoms with Crippen LogP contribution in [0.25, 0.3) is 0 Å². The monoisotopic (exact) mass is 240 g/mol. The minimum atomic E-state index is -3.15. The van der Waals surface area contributed by atoms with Crippen LogP contribution in [0.2, 0.25) is 0 Å². The molecule has 0 aromatic heterocycles. The van der Waals surface area contributed by atoms with E-state index >= 15 is 0 Å². The number of hydrogen-bond acceptors (Lipinski definition) is 4. The number of rotatable bonds is 3. The van der Waals surface area contributed by atoms with Crippen LogP contribution in [-0.4, -0.2) is 34.3 Å². The maximum atomic E-state index is 11.6. The van der Waals surface area contributed by atoms with Gasteiger partial charge in [-0.3, -0.25) is 0 Å². The van der Waals surface area contributed by atoms with Crippen molar-refractivity contribution in [3.05, 3.63) is 24.3 Å². The predicted octanol–water partition coefficient (Wildman–Crippen LogP) is 0.485. The number of anilines is 1. The molecule has 0 radical (unpaired) electrons. The maximum absolute atomic E-state index is 11.6. The summed E-state index contributed by atoms with van der Waals surface area (Å²) in [5.74, 6) is 0.493. The Morgan fingerprint density at radius 3 is 2.56 bits per heavy atom. The van der Waals surface area contributed by atoms with Crippen molar-refractivity contribution in [3.63, 3.8) is 0 Å². The van der Waals surface area contributed by atoms with Crippen LogP contribution in [0.3, 0.4) is 0 Å². The van der Waals surface area contributed by atoms with E-state index in [1.54, 1.807) is 12.1 Å². The summed E-state index contributed by atoms with van der Waals surface area (Å²) < 4.78 is 23.2. The van der Waals surface area contributed by atoms with Crippen molar-refractivity contribution in [1.82, 2.24) is 0 Å². The molecule has 88 valence electrons. The largest absolute Gasteiger partial charge is 0.370 e. The van der Waals surface area contributed by atoms with Gasteiger partial charge in [-0.25, -0.2) is 8.42 Å². The lowest BCUT2D eigenvalue weighted by Gasteiger charge is -2.41. The highest BCUT2D eigenvalue weighted by molar-refractivity contribution is 7.90. The molecule has 1 aromatic rings. The molecule has 1 saturated heterocycles. The van der Waals surface area contributed by atoms with Crippen molar-refractivity contribution in [2.24, 2.45) is 11.7 Å². The van der Waals surface area contributed by atoms with E-state index in [4.69, 9.17) is 5.73 Å². The predicted molar refractivity (Wildman–Crippen MR) is 64.3 cm³/mol. The first-order chi connectivity index (χ1) is 7.52. The second-order valence-corrected chi connectivity index (χ2v) is 6.23. The van der Waals surface area contributed by atoms with Gasteiger partial charge >= 0.3 is 0 Å². The van der Waals surface area contributed by atoms with Crippen molar-refractivity contribution >= 4 is 15.5 Å². The SMILES string of the molecule is CS(=O)(=O)c1ccccc1N1CC(CN)C1. The van der Waals surface area contributed by atoms with E-state index in [-0.39, 0.29) is 0 Å². The first-order valence-electron chi connectivity index (χ1n) is 5.26. The topological polar surface area (TPSA) is 63.4 Å². The Kier molecular flexibility index (Phi) is 2.90. The van der Waals surface area contributed by atoms with Crippen molar-refractivity contribution in [2.45, 2.75) is 4.90 Å². The number of nitrogens with zero attached hydrogens (tertiary/aromatic N) is 1. The van der Waals surface area contributed by atoms with Gasteiger partial charge in [0, 0.05) is 25.3 Å². The Balaban J connectivity index is 2.29. The maximum Gasteiger partial charge on any atom is 0.177 e. The molecule has 0 spiro atoms. The molecule has 2 rings (SSSR count). The van der Waals surface area contributed by atoms with Crippen LogP contribution in [0.5, 0.6) is 0 Å². The average molecular weight is 240 g/mol. The van der Waals surface area contributed by atoms with Crippen molar-refractivity contribution in [2.75, 3.05) is 30.8 Å². The molecule has 1 aliphatic heterocycles. The van der Waals surface area contributed by atoms with Gasteiger partial charge in [0.05, 0.1) is 10.6 Å². The van der Waals surface area contributed by atoms with Crippen LogP contribution in [0.15, 0.2) is 29.2 Å². The molecule has 16 heavy (non-hydrogen) atoms. The lowest BCUT2D eigenvalue weighted by atomic mass is 10.00. The van der Waals surface area contributed by atoms with E-state index in [2.05, 4.69) is 4.90 Å². The third kappa shape index (κ3) is 2.05. The van der Waals surface area contributed by atoms with E-state index in [0.717, 1.165) is 18.8 Å². The number of para-hydroxylation sites is 1. The average Bonchev–Trinajstić information content (AvgIpc) is 2.15. The smallest absolute Gasteiger partial charge is 0.177 e. The number of nitrogens with two attached hydrogens (primary N) is 1. The number of benzene rings is 1. The number of hydrogen-bond donors (Lipinski definition) is 1. The van der Waals surface area contributed by atoms with Gasteiger partial charge in [0.2, 0.25) is 0 Å². The van der Waals surface area contributed by atoms with Gasteiger partial charge in [-0.2, -0.15) is 0 Å². The standard InChI is InChI=1S/C11H16N2O2S/c1-16(14,15)11-5-3-2-4-10(11)13-7-9(6-12)8-13/h2-5,9H,6-8,12H2,1H3. The van der Waals surface area contributed by atoms with E-state index in [1.807, 2.05) is 12.1 Å². The number of sulfone groups is 1. The normalized spacial score (nSPS) is 17.2. The van der Waals surface area contributed by atoms with Crippen LogP contribution >= 0.6 is 0 Å². The second kappa shape index (κ2) is 4.07. The summed E-state index contributed by atoms with van der Waals surface area (Å²) in [6.07, 6.45) is 1.24. The molecular weight excluding hydrogens is 224 g/mol. The summed E-state index contributed by atoms with van der Waals surface area (Å²) >= 11 is 0. The zero-order valence-corrected chi connectivity index (χ0v) is 10.1. The van der Waals surface area contributed by atoms with Gasteiger partial charge < -0.3 is 10.6 Å². The van der Waals surface area contributed by atoms with Crippen LogP contribution < -0.4 is 10.6 Å². The lowest BCUT2D eigenvalue weighted by Crippen LogP contribution is -2.50. The summed E-state index contributed by atoms with van der Waals surface area (Å²) in [7, 11) is -3.15. The molecule has 0 bridgehead atoms. The second-order valence-electron chi connectivity index (χ2n) is 4.25. The van der Waals surface area contributed by atoms with Gasteiger partial charge in [0.15, 0.2) is 9.84 Å². The Morgan fingerprint density at radius 2 is 2.00 bits per heavy atom. The van der Waals surface area contributed by atoms with E-state index < -0.39 is 9.84 Å². The molecule has 0 unspecified atom stereocenters. The Labute approximate surface area is 96.0 Å². The van der Waals surface area contributed by atoms with Crippen LogP contribution in [0.1, 0.15) is 0 Å². The fourth-order valence-corrected chi connectivity index (χ4v) is 2.85. The summed E-state index contributed by atoms with van der Waals surface area (Å²) in [4.78, 5) is 2.47. The van der Waals surface area contributed by atoms with Gasteiger partial charge in [0.25, 0.3) is 0 Å². The zero-order chi connectivity index (χ0) is 11.8. The summed E-state index contributed by atoms with van der Waals surface area (Å²) in [5, 5.41) is 0. The van der Waals surface area contributed by atoms with E-state index in [9.17, 15) is 8.42 Å². The minimum absolute atomic E-state index is 0.408. The van der Waals surface area contributed by atoms with Crippen LogP contribution in [-0.2, 0) is 9.84 Å². The molecule has 0 amide bonds. The van der Waals surface area contributed by atoms with Crippen molar-refractivity contribution in [1.29, 1.82) is 0 Å². The van der Waals surface area contributed by atoms with Gasteiger partial charge in [-0.05, 0) is 18.7 Å². The van der Waals surface area contributed by atoms with Gasteiger partial charge in [-0.15, -0.1) is 0 Å². The van der Waals surface area contributed by atoms with Gasteiger partial charge in [0.1, 0.15) is 0 Å². The molecule has 1 fully saturated rings. The van der Waals surface area contributed by atoms with E-state index in [0.29, 0.717) is 17.4 Å². The van der Waals surface area contributed by atoms with E-state index in [1.165, 1.54) is 6.26 Å². The molecule has 1 heterocycles. The molecule has 5 heteroatoms. The van der Waals surface area contributed by atoms with Crippen molar-refractivity contribution in [3.8, 4) is 0 Å². The molecule has 1 aromatic carbocycles. The quantitative estimate of drug-likeness (QED) is 0.835. The molecule has 0 saturated carbocycles. The lowest BCUT2D eigenvalue weighted by molar-refractivity contribution is 0.418. The summed E-state index contributed by atoms with van der Waals surface area (Å²) in [6, 6.07) is 7.11. The van der Waals surface area contributed by atoms with Crippen LogP contribution in [0, 0.1) is 5.92 Å².